The van der Waals surface area contributed by atoms with Crippen LogP contribution in [0.5, 0.6) is 0 Å². The second-order valence-corrected chi connectivity index (χ2v) is 8.37. The highest BCUT2D eigenvalue weighted by Gasteiger charge is 2.14. The van der Waals surface area contributed by atoms with Crippen molar-refractivity contribution in [1.29, 1.82) is 0 Å². The van der Waals surface area contributed by atoms with E-state index >= 15 is 0 Å². The van der Waals surface area contributed by atoms with Gasteiger partial charge in [-0.3, -0.25) is 4.55 Å². The van der Waals surface area contributed by atoms with Crippen molar-refractivity contribution in [3.8, 4) is 0 Å². The van der Waals surface area contributed by atoms with E-state index in [-0.39, 0.29) is 5.75 Å². The van der Waals surface area contributed by atoms with Gasteiger partial charge in [0.2, 0.25) is 0 Å². The van der Waals surface area contributed by atoms with Crippen molar-refractivity contribution >= 4 is 28.6 Å². The fourth-order valence-corrected chi connectivity index (χ4v) is 5.10. The van der Waals surface area contributed by atoms with Crippen LogP contribution in [0.2, 0.25) is 0 Å². The molecule has 0 heterocycles. The van der Waals surface area contributed by atoms with Gasteiger partial charge in [0.05, 0.1) is 5.75 Å². The highest BCUT2D eigenvalue weighted by atomic mass is 32.2. The molecular formula is C15H17O3PS. The zero-order valence-corrected chi connectivity index (χ0v) is 12.7. The summed E-state index contributed by atoms with van der Waals surface area (Å²) in [6.45, 7) is 0. The van der Waals surface area contributed by atoms with Crippen LogP contribution in [0.4, 0.5) is 0 Å². The molecule has 2 aromatic carbocycles. The molecule has 2 aromatic rings. The Morgan fingerprint density at radius 1 is 0.850 bits per heavy atom. The first-order valence-corrected chi connectivity index (χ1v) is 9.53. The summed E-state index contributed by atoms with van der Waals surface area (Å²) in [6.07, 6.45) is 1.22. The summed E-state index contributed by atoms with van der Waals surface area (Å²) < 4.78 is 30.5. The number of hydrogen-bond donors (Lipinski definition) is 1. The summed E-state index contributed by atoms with van der Waals surface area (Å²) in [5.74, 6) is -0.175. The van der Waals surface area contributed by atoms with Crippen molar-refractivity contribution in [2.75, 3.05) is 11.9 Å². The predicted molar refractivity (Wildman–Crippen MR) is 85.0 cm³/mol. The molecule has 0 spiro atoms. The first-order valence-electron chi connectivity index (χ1n) is 6.39. The van der Waals surface area contributed by atoms with E-state index in [9.17, 15) is 8.42 Å². The third kappa shape index (κ3) is 4.71. The molecular weight excluding hydrogens is 291 g/mol. The molecule has 1 N–H and O–H groups in total. The summed E-state index contributed by atoms with van der Waals surface area (Å²) in [5, 5.41) is 2.45. The van der Waals surface area contributed by atoms with Gasteiger partial charge in [-0.1, -0.05) is 60.7 Å². The van der Waals surface area contributed by atoms with Gasteiger partial charge in [-0.15, -0.1) is 0 Å². The lowest BCUT2D eigenvalue weighted by Crippen LogP contribution is -2.15. The summed E-state index contributed by atoms with van der Waals surface area (Å²) in [6, 6.07) is 20.2. The van der Waals surface area contributed by atoms with Crippen LogP contribution in [0, 0.1) is 0 Å². The van der Waals surface area contributed by atoms with Crippen LogP contribution >= 0.6 is 7.92 Å². The summed E-state index contributed by atoms with van der Waals surface area (Å²) >= 11 is 0. The van der Waals surface area contributed by atoms with Crippen LogP contribution in [0.25, 0.3) is 0 Å². The fourth-order valence-electron chi connectivity index (χ4n) is 2.03. The topological polar surface area (TPSA) is 54.4 Å². The van der Waals surface area contributed by atoms with Crippen molar-refractivity contribution in [3.05, 3.63) is 60.7 Å². The molecule has 0 amide bonds. The van der Waals surface area contributed by atoms with Gasteiger partial charge >= 0.3 is 0 Å². The summed E-state index contributed by atoms with van der Waals surface area (Å²) in [7, 11) is -4.45. The Bertz CT molecular complexity index is 587. The fraction of sp³-hybridized carbons (Fsp3) is 0.200. The standard InChI is InChI=1S/C15H17O3PS/c16-20(17,18)13-7-12-19(14-8-3-1-4-9-14)15-10-5-2-6-11-15/h1-6,8-11H,7,12-13H2,(H,16,17,18). The van der Waals surface area contributed by atoms with Crippen LogP contribution in [-0.4, -0.2) is 24.9 Å². The Morgan fingerprint density at radius 3 is 1.70 bits per heavy atom. The van der Waals surface area contributed by atoms with Gasteiger partial charge in [0.25, 0.3) is 10.1 Å². The molecule has 2 rings (SSSR count). The van der Waals surface area contributed by atoms with Gasteiger partial charge in [-0.05, 0) is 31.1 Å². The summed E-state index contributed by atoms with van der Waals surface area (Å²) in [5.41, 5.74) is 0. The van der Waals surface area contributed by atoms with E-state index in [1.165, 1.54) is 10.6 Å². The smallest absolute Gasteiger partial charge is 0.264 e. The molecule has 0 aliphatic rings. The molecule has 5 heteroatoms. The van der Waals surface area contributed by atoms with E-state index in [1.807, 2.05) is 36.4 Å². The minimum Gasteiger partial charge on any atom is -0.286 e. The van der Waals surface area contributed by atoms with E-state index in [1.54, 1.807) is 0 Å². The van der Waals surface area contributed by atoms with E-state index in [0.29, 0.717) is 6.42 Å². The van der Waals surface area contributed by atoms with Crippen molar-refractivity contribution in [3.63, 3.8) is 0 Å². The lowest BCUT2D eigenvalue weighted by molar-refractivity contribution is 0.482. The normalized spacial score (nSPS) is 11.7. The highest BCUT2D eigenvalue weighted by molar-refractivity contribution is 7.85. The highest BCUT2D eigenvalue weighted by Crippen LogP contribution is 2.34. The van der Waals surface area contributed by atoms with Crippen molar-refractivity contribution < 1.29 is 13.0 Å². The average molecular weight is 308 g/mol. The molecule has 20 heavy (non-hydrogen) atoms. The quantitative estimate of drug-likeness (QED) is 0.658. The molecule has 0 saturated heterocycles. The van der Waals surface area contributed by atoms with Gasteiger partial charge in [-0.25, -0.2) is 0 Å². The van der Waals surface area contributed by atoms with E-state index in [2.05, 4.69) is 24.3 Å². The van der Waals surface area contributed by atoms with Crippen LogP contribution in [0.15, 0.2) is 60.7 Å². The zero-order valence-electron chi connectivity index (χ0n) is 11.0. The molecule has 0 aliphatic carbocycles. The van der Waals surface area contributed by atoms with Gasteiger partial charge < -0.3 is 0 Å². The molecule has 3 nitrogen and oxygen atoms in total. The molecule has 0 aliphatic heterocycles. The van der Waals surface area contributed by atoms with Gasteiger partial charge in [0.1, 0.15) is 0 Å². The molecule has 0 aromatic heterocycles. The zero-order chi connectivity index (χ0) is 14.4. The van der Waals surface area contributed by atoms with Crippen LogP contribution < -0.4 is 10.6 Å². The molecule has 0 unspecified atom stereocenters. The van der Waals surface area contributed by atoms with Gasteiger partial charge in [0.15, 0.2) is 0 Å². The maximum Gasteiger partial charge on any atom is 0.264 e. The Labute approximate surface area is 121 Å². The third-order valence-corrected chi connectivity index (χ3v) is 6.33. The third-order valence-electron chi connectivity index (χ3n) is 2.92. The Hall–Kier alpha value is -1.22. The van der Waals surface area contributed by atoms with E-state index < -0.39 is 18.0 Å². The Balaban J connectivity index is 2.17. The van der Waals surface area contributed by atoms with Crippen molar-refractivity contribution in [1.82, 2.24) is 0 Å². The minimum atomic E-state index is -3.87. The number of rotatable bonds is 6. The predicted octanol–water partition coefficient (Wildman–Crippen LogP) is 2.40. The monoisotopic (exact) mass is 308 g/mol. The Morgan fingerprint density at radius 2 is 1.30 bits per heavy atom. The van der Waals surface area contributed by atoms with Crippen LogP contribution in [-0.2, 0) is 10.1 Å². The second kappa shape index (κ2) is 6.98. The first kappa shape index (κ1) is 15.2. The van der Waals surface area contributed by atoms with E-state index in [4.69, 9.17) is 4.55 Å². The second-order valence-electron chi connectivity index (χ2n) is 4.46. The average Bonchev–Trinajstić information content (AvgIpc) is 2.44. The minimum absolute atomic E-state index is 0.175. The molecule has 0 bridgehead atoms. The van der Waals surface area contributed by atoms with Crippen molar-refractivity contribution in [2.24, 2.45) is 0 Å². The maximum atomic E-state index is 10.8. The molecule has 106 valence electrons. The lowest BCUT2D eigenvalue weighted by Gasteiger charge is -2.18. The van der Waals surface area contributed by atoms with E-state index in [0.717, 1.165) is 6.16 Å². The van der Waals surface area contributed by atoms with Crippen LogP contribution in [0.3, 0.4) is 0 Å². The lowest BCUT2D eigenvalue weighted by atomic mass is 10.4. The van der Waals surface area contributed by atoms with Crippen molar-refractivity contribution in [2.45, 2.75) is 6.42 Å². The van der Waals surface area contributed by atoms with Gasteiger partial charge in [-0.2, -0.15) is 8.42 Å². The number of hydrogen-bond acceptors (Lipinski definition) is 2. The number of benzene rings is 2. The molecule has 0 atom stereocenters. The maximum absolute atomic E-state index is 10.8. The summed E-state index contributed by atoms with van der Waals surface area (Å²) in [4.78, 5) is 0. The van der Waals surface area contributed by atoms with Crippen LogP contribution in [0.1, 0.15) is 6.42 Å². The molecule has 0 saturated carbocycles. The van der Waals surface area contributed by atoms with Gasteiger partial charge in [0, 0.05) is 0 Å². The SMILES string of the molecule is O=S(=O)(O)CCCP(c1ccccc1)c1ccccc1. The largest absolute Gasteiger partial charge is 0.286 e. The molecule has 0 radical (unpaired) electrons. The first-order chi connectivity index (χ1) is 9.56. The molecule has 0 fully saturated rings. The Kier molecular flexibility index (Phi) is 5.30.